The molecule has 0 saturated heterocycles. The summed E-state index contributed by atoms with van der Waals surface area (Å²) in [6.07, 6.45) is 0.359. The second kappa shape index (κ2) is 7.14. The smallest absolute Gasteiger partial charge is 0.240 e. The Labute approximate surface area is 115 Å². The van der Waals surface area contributed by atoms with Crippen molar-refractivity contribution in [1.82, 2.24) is 4.72 Å². The molecule has 0 spiro atoms. The highest BCUT2D eigenvalue weighted by Gasteiger charge is 2.16. The minimum atomic E-state index is -3.87. The molecular formula is C11H14ClF2NO3S. The highest BCUT2D eigenvalue weighted by molar-refractivity contribution is 7.89. The summed E-state index contributed by atoms with van der Waals surface area (Å²) in [7, 11) is -2.38. The van der Waals surface area contributed by atoms with Crippen molar-refractivity contribution in [1.29, 1.82) is 0 Å². The van der Waals surface area contributed by atoms with Crippen LogP contribution in [0.25, 0.3) is 0 Å². The van der Waals surface area contributed by atoms with Crippen molar-refractivity contribution in [2.75, 3.05) is 20.3 Å². The van der Waals surface area contributed by atoms with E-state index in [9.17, 15) is 17.2 Å². The van der Waals surface area contributed by atoms with Gasteiger partial charge < -0.3 is 4.74 Å². The lowest BCUT2D eigenvalue weighted by atomic mass is 10.3. The monoisotopic (exact) mass is 313 g/mol. The highest BCUT2D eigenvalue weighted by Crippen LogP contribution is 2.13. The topological polar surface area (TPSA) is 55.4 Å². The first-order chi connectivity index (χ1) is 8.86. The molecule has 4 nitrogen and oxygen atoms in total. The Hall–Kier alpha value is -0.760. The van der Waals surface area contributed by atoms with Gasteiger partial charge in [0.15, 0.2) is 11.6 Å². The average Bonchev–Trinajstić information content (AvgIpc) is 2.32. The van der Waals surface area contributed by atoms with Gasteiger partial charge in [0.25, 0.3) is 0 Å². The van der Waals surface area contributed by atoms with Gasteiger partial charge in [0, 0.05) is 13.7 Å². The molecule has 0 aromatic heterocycles. The second-order valence-corrected chi connectivity index (χ2v) is 6.20. The van der Waals surface area contributed by atoms with E-state index in [4.69, 9.17) is 16.3 Å². The third-order valence-corrected chi connectivity index (χ3v) is 4.10. The van der Waals surface area contributed by atoms with Crippen LogP contribution in [0.2, 0.25) is 0 Å². The molecular weight excluding hydrogens is 300 g/mol. The van der Waals surface area contributed by atoms with Crippen LogP contribution >= 0.6 is 11.6 Å². The number of nitrogens with one attached hydrogen (secondary N) is 1. The number of alkyl halides is 1. The standard InChI is InChI=1S/C11H14ClF2NO3S/c1-18-7-8(12)4-5-15-19(16,17)9-2-3-10(13)11(14)6-9/h2-3,6,8,15H,4-5,7H2,1H3. The maximum atomic E-state index is 13.0. The molecule has 0 radical (unpaired) electrons. The van der Waals surface area contributed by atoms with E-state index in [1.165, 1.54) is 7.11 Å². The molecule has 108 valence electrons. The molecule has 1 aromatic rings. The fraction of sp³-hybridized carbons (Fsp3) is 0.455. The summed E-state index contributed by atoms with van der Waals surface area (Å²) >= 11 is 5.83. The summed E-state index contributed by atoms with van der Waals surface area (Å²) in [5, 5.41) is -0.322. The maximum absolute atomic E-state index is 13.0. The van der Waals surface area contributed by atoms with E-state index in [1.54, 1.807) is 0 Å². The molecule has 1 atom stereocenters. The Morgan fingerprint density at radius 1 is 1.37 bits per heavy atom. The Morgan fingerprint density at radius 3 is 2.63 bits per heavy atom. The van der Waals surface area contributed by atoms with E-state index < -0.39 is 21.7 Å². The van der Waals surface area contributed by atoms with Gasteiger partial charge in [-0.1, -0.05) is 0 Å². The van der Waals surface area contributed by atoms with E-state index in [0.717, 1.165) is 12.1 Å². The molecule has 0 amide bonds. The average molecular weight is 314 g/mol. The Bertz CT molecular complexity index is 525. The van der Waals surface area contributed by atoms with Gasteiger partial charge in [0.2, 0.25) is 10.0 Å². The van der Waals surface area contributed by atoms with Crippen molar-refractivity contribution in [3.8, 4) is 0 Å². The van der Waals surface area contributed by atoms with Crippen LogP contribution in [0, 0.1) is 11.6 Å². The molecule has 0 aliphatic rings. The number of ether oxygens (including phenoxy) is 1. The summed E-state index contributed by atoms with van der Waals surface area (Å²) < 4.78 is 56.2. The number of benzene rings is 1. The van der Waals surface area contributed by atoms with Crippen LogP contribution in [0.5, 0.6) is 0 Å². The van der Waals surface area contributed by atoms with Gasteiger partial charge in [-0.3, -0.25) is 0 Å². The summed E-state index contributed by atoms with van der Waals surface area (Å²) in [5.41, 5.74) is 0. The van der Waals surface area contributed by atoms with Crippen LogP contribution in [0.1, 0.15) is 6.42 Å². The lowest BCUT2D eigenvalue weighted by molar-refractivity contribution is 0.196. The van der Waals surface area contributed by atoms with Crippen molar-refractivity contribution in [2.45, 2.75) is 16.7 Å². The van der Waals surface area contributed by atoms with E-state index in [0.29, 0.717) is 19.1 Å². The van der Waals surface area contributed by atoms with Crippen molar-refractivity contribution < 1.29 is 21.9 Å². The number of halogens is 3. The van der Waals surface area contributed by atoms with Gasteiger partial charge in [-0.05, 0) is 24.6 Å². The molecule has 19 heavy (non-hydrogen) atoms. The number of sulfonamides is 1. The van der Waals surface area contributed by atoms with Crippen molar-refractivity contribution in [3.05, 3.63) is 29.8 Å². The summed E-state index contributed by atoms with van der Waals surface area (Å²) in [6.45, 7) is 0.382. The minimum Gasteiger partial charge on any atom is -0.383 e. The minimum absolute atomic E-state index is 0.0822. The second-order valence-electron chi connectivity index (χ2n) is 3.81. The highest BCUT2D eigenvalue weighted by atomic mass is 35.5. The van der Waals surface area contributed by atoms with Crippen molar-refractivity contribution in [2.24, 2.45) is 0 Å². The number of hydrogen-bond acceptors (Lipinski definition) is 3. The molecule has 1 N–H and O–H groups in total. The van der Waals surface area contributed by atoms with Crippen molar-refractivity contribution >= 4 is 21.6 Å². The molecule has 0 aliphatic heterocycles. The predicted octanol–water partition coefficient (Wildman–Crippen LogP) is 1.89. The normalized spacial score (nSPS) is 13.5. The van der Waals surface area contributed by atoms with Gasteiger partial charge >= 0.3 is 0 Å². The largest absolute Gasteiger partial charge is 0.383 e. The van der Waals surface area contributed by atoms with Crippen LogP contribution < -0.4 is 4.72 Å². The molecule has 0 bridgehead atoms. The van der Waals surface area contributed by atoms with Crippen LogP contribution in [0.4, 0.5) is 8.78 Å². The zero-order valence-electron chi connectivity index (χ0n) is 10.2. The summed E-state index contributed by atoms with van der Waals surface area (Å²) in [5.74, 6) is -2.31. The van der Waals surface area contributed by atoms with E-state index in [-0.39, 0.29) is 16.8 Å². The zero-order valence-corrected chi connectivity index (χ0v) is 11.8. The summed E-state index contributed by atoms with van der Waals surface area (Å²) in [6, 6.07) is 2.39. The van der Waals surface area contributed by atoms with Crippen LogP contribution in [0.15, 0.2) is 23.1 Å². The molecule has 1 rings (SSSR count). The van der Waals surface area contributed by atoms with E-state index >= 15 is 0 Å². The van der Waals surface area contributed by atoms with Gasteiger partial charge in [0.05, 0.1) is 16.9 Å². The molecule has 1 unspecified atom stereocenters. The molecule has 8 heteroatoms. The molecule has 0 fully saturated rings. The Kier molecular flexibility index (Phi) is 6.12. The first-order valence-electron chi connectivity index (χ1n) is 5.44. The lowest BCUT2D eigenvalue weighted by Gasteiger charge is -2.10. The lowest BCUT2D eigenvalue weighted by Crippen LogP contribution is -2.27. The third-order valence-electron chi connectivity index (χ3n) is 2.30. The molecule has 0 saturated carbocycles. The molecule has 1 aromatic carbocycles. The van der Waals surface area contributed by atoms with Gasteiger partial charge in [-0.25, -0.2) is 21.9 Å². The van der Waals surface area contributed by atoms with Gasteiger partial charge in [-0.15, -0.1) is 11.6 Å². The van der Waals surface area contributed by atoms with Crippen LogP contribution in [0.3, 0.4) is 0 Å². The summed E-state index contributed by atoms with van der Waals surface area (Å²) in [4.78, 5) is -0.329. The first-order valence-corrected chi connectivity index (χ1v) is 7.36. The quantitative estimate of drug-likeness (QED) is 0.782. The zero-order chi connectivity index (χ0) is 14.5. The fourth-order valence-corrected chi connectivity index (χ4v) is 2.64. The van der Waals surface area contributed by atoms with Gasteiger partial charge in [-0.2, -0.15) is 0 Å². The first kappa shape index (κ1) is 16.3. The van der Waals surface area contributed by atoms with Gasteiger partial charge in [0.1, 0.15) is 0 Å². The molecule has 0 heterocycles. The number of rotatable bonds is 7. The SMILES string of the molecule is COCC(Cl)CCNS(=O)(=O)c1ccc(F)c(F)c1. The van der Waals surface area contributed by atoms with E-state index in [1.807, 2.05) is 0 Å². The van der Waals surface area contributed by atoms with Crippen LogP contribution in [-0.2, 0) is 14.8 Å². The number of methoxy groups -OCH3 is 1. The van der Waals surface area contributed by atoms with Crippen molar-refractivity contribution in [3.63, 3.8) is 0 Å². The Balaban J connectivity index is 2.63. The van der Waals surface area contributed by atoms with Crippen LogP contribution in [-0.4, -0.2) is 34.1 Å². The number of hydrogen-bond donors (Lipinski definition) is 1. The van der Waals surface area contributed by atoms with E-state index in [2.05, 4.69) is 4.72 Å². The Morgan fingerprint density at radius 2 is 2.05 bits per heavy atom. The molecule has 0 aliphatic carbocycles. The maximum Gasteiger partial charge on any atom is 0.240 e. The third kappa shape index (κ3) is 5.02. The fourth-order valence-electron chi connectivity index (χ4n) is 1.34. The predicted molar refractivity (Wildman–Crippen MR) is 67.7 cm³/mol.